The summed E-state index contributed by atoms with van der Waals surface area (Å²) < 4.78 is 5.28. The topological polar surface area (TPSA) is 76.4 Å². The van der Waals surface area contributed by atoms with Gasteiger partial charge in [0.15, 0.2) is 0 Å². The summed E-state index contributed by atoms with van der Waals surface area (Å²) >= 11 is 0. The van der Waals surface area contributed by atoms with Gasteiger partial charge in [0.05, 0.1) is 0 Å². The van der Waals surface area contributed by atoms with E-state index in [1.54, 1.807) is 0 Å². The fourth-order valence-corrected chi connectivity index (χ4v) is 2.63. The van der Waals surface area contributed by atoms with Crippen molar-refractivity contribution in [3.8, 4) is 0 Å². The van der Waals surface area contributed by atoms with Crippen molar-refractivity contribution >= 4 is 6.09 Å². The van der Waals surface area contributed by atoms with E-state index in [4.69, 9.17) is 10.5 Å². The summed E-state index contributed by atoms with van der Waals surface area (Å²) in [5.74, 6) is 0.463. The highest BCUT2D eigenvalue weighted by Gasteiger charge is 2.26. The van der Waals surface area contributed by atoms with Crippen molar-refractivity contribution in [3.63, 3.8) is 0 Å². The number of amides is 1. The molecule has 3 atom stereocenters. The van der Waals surface area contributed by atoms with Crippen molar-refractivity contribution in [2.75, 3.05) is 13.1 Å². The normalized spacial score (nSPS) is 25.1. The maximum absolute atomic E-state index is 11.7. The molecule has 1 aliphatic carbocycles. The van der Waals surface area contributed by atoms with E-state index in [1.807, 2.05) is 20.8 Å². The summed E-state index contributed by atoms with van der Waals surface area (Å²) in [6, 6.07) is 0.763. The van der Waals surface area contributed by atoms with Crippen LogP contribution in [0, 0.1) is 5.92 Å². The summed E-state index contributed by atoms with van der Waals surface area (Å²) in [6.07, 6.45) is 4.46. The van der Waals surface area contributed by atoms with Crippen LogP contribution in [0.15, 0.2) is 0 Å². The molecule has 0 aliphatic heterocycles. The van der Waals surface area contributed by atoms with Gasteiger partial charge in [-0.3, -0.25) is 0 Å². The number of carbonyl (C=O) groups excluding carboxylic acids is 1. The first-order valence-electron chi connectivity index (χ1n) is 7.75. The van der Waals surface area contributed by atoms with Crippen molar-refractivity contribution in [1.29, 1.82) is 0 Å². The van der Waals surface area contributed by atoms with Gasteiger partial charge in [-0.25, -0.2) is 4.79 Å². The SMILES string of the molecule is CC(CN)NC1CCCCC1CNC(=O)OC(C)(C)C. The highest BCUT2D eigenvalue weighted by molar-refractivity contribution is 5.67. The van der Waals surface area contributed by atoms with Gasteiger partial charge in [0.1, 0.15) is 5.60 Å². The van der Waals surface area contributed by atoms with Gasteiger partial charge in [0.2, 0.25) is 0 Å². The van der Waals surface area contributed by atoms with E-state index < -0.39 is 5.60 Å². The van der Waals surface area contributed by atoms with E-state index >= 15 is 0 Å². The van der Waals surface area contributed by atoms with Gasteiger partial charge in [-0.15, -0.1) is 0 Å². The number of ether oxygens (including phenoxy) is 1. The Morgan fingerprint density at radius 1 is 1.35 bits per heavy atom. The smallest absolute Gasteiger partial charge is 0.407 e. The third-order valence-electron chi connectivity index (χ3n) is 3.67. The van der Waals surface area contributed by atoms with Crippen LogP contribution in [0.4, 0.5) is 4.79 Å². The average molecular weight is 285 g/mol. The van der Waals surface area contributed by atoms with Gasteiger partial charge in [-0.05, 0) is 46.5 Å². The lowest BCUT2D eigenvalue weighted by Gasteiger charge is -2.34. The zero-order chi connectivity index (χ0) is 15.2. The summed E-state index contributed by atoms with van der Waals surface area (Å²) in [5.41, 5.74) is 5.23. The minimum absolute atomic E-state index is 0.321. The van der Waals surface area contributed by atoms with E-state index in [0.29, 0.717) is 31.1 Å². The number of nitrogens with one attached hydrogen (secondary N) is 2. The largest absolute Gasteiger partial charge is 0.444 e. The molecule has 0 bridgehead atoms. The molecule has 0 saturated heterocycles. The van der Waals surface area contributed by atoms with Crippen LogP contribution in [0.25, 0.3) is 0 Å². The van der Waals surface area contributed by atoms with E-state index in [2.05, 4.69) is 17.6 Å². The van der Waals surface area contributed by atoms with E-state index in [0.717, 1.165) is 12.8 Å². The summed E-state index contributed by atoms with van der Waals surface area (Å²) in [6.45, 7) is 9.04. The molecule has 20 heavy (non-hydrogen) atoms. The number of carbonyl (C=O) groups is 1. The van der Waals surface area contributed by atoms with Crippen LogP contribution in [0.1, 0.15) is 53.4 Å². The molecule has 0 aromatic carbocycles. The Labute approximate surface area is 123 Å². The molecule has 1 fully saturated rings. The second kappa shape index (κ2) is 7.84. The predicted octanol–water partition coefficient (Wildman–Crippen LogP) is 2.01. The van der Waals surface area contributed by atoms with Crippen LogP contribution < -0.4 is 16.4 Å². The molecular formula is C15H31N3O2. The van der Waals surface area contributed by atoms with Crippen molar-refractivity contribution in [3.05, 3.63) is 0 Å². The molecule has 0 spiro atoms. The fraction of sp³-hybridized carbons (Fsp3) is 0.933. The molecule has 1 aliphatic rings. The second-order valence-corrected chi connectivity index (χ2v) is 6.84. The number of alkyl carbamates (subject to hydrolysis) is 1. The molecule has 0 aromatic heterocycles. The first kappa shape index (κ1) is 17.2. The highest BCUT2D eigenvalue weighted by atomic mass is 16.6. The Bertz CT molecular complexity index is 302. The predicted molar refractivity (Wildman–Crippen MR) is 81.6 cm³/mol. The van der Waals surface area contributed by atoms with E-state index in [1.165, 1.54) is 12.8 Å². The molecule has 3 unspecified atom stereocenters. The number of nitrogens with two attached hydrogens (primary N) is 1. The quantitative estimate of drug-likeness (QED) is 0.722. The van der Waals surface area contributed by atoms with Crippen LogP contribution in [-0.4, -0.2) is 36.9 Å². The molecule has 118 valence electrons. The van der Waals surface area contributed by atoms with Crippen LogP contribution >= 0.6 is 0 Å². The summed E-state index contributed by atoms with van der Waals surface area (Å²) in [5, 5.41) is 6.47. The van der Waals surface area contributed by atoms with E-state index in [9.17, 15) is 4.79 Å². The fourth-order valence-electron chi connectivity index (χ4n) is 2.63. The molecule has 1 rings (SSSR count). The Kier molecular flexibility index (Phi) is 6.76. The van der Waals surface area contributed by atoms with Gasteiger partial charge in [-0.2, -0.15) is 0 Å². The zero-order valence-corrected chi connectivity index (χ0v) is 13.4. The summed E-state index contributed by atoms with van der Waals surface area (Å²) in [4.78, 5) is 11.7. The molecule has 5 nitrogen and oxygen atoms in total. The van der Waals surface area contributed by atoms with E-state index in [-0.39, 0.29) is 6.09 Å². The monoisotopic (exact) mass is 285 g/mol. The molecule has 0 radical (unpaired) electrons. The summed E-state index contributed by atoms with van der Waals surface area (Å²) in [7, 11) is 0. The third-order valence-corrected chi connectivity index (χ3v) is 3.67. The Hall–Kier alpha value is -0.810. The molecule has 1 amide bonds. The Morgan fingerprint density at radius 3 is 2.60 bits per heavy atom. The van der Waals surface area contributed by atoms with Gasteiger partial charge < -0.3 is 21.1 Å². The Morgan fingerprint density at radius 2 is 2.00 bits per heavy atom. The Balaban J connectivity index is 2.40. The van der Waals surface area contributed by atoms with Crippen LogP contribution in [0.3, 0.4) is 0 Å². The van der Waals surface area contributed by atoms with Gasteiger partial charge in [0, 0.05) is 25.2 Å². The van der Waals surface area contributed by atoms with Crippen molar-refractivity contribution in [2.45, 2.75) is 71.1 Å². The lowest BCUT2D eigenvalue weighted by molar-refractivity contribution is 0.0510. The number of hydrogen-bond acceptors (Lipinski definition) is 4. The maximum atomic E-state index is 11.7. The van der Waals surface area contributed by atoms with Crippen molar-refractivity contribution < 1.29 is 9.53 Å². The van der Waals surface area contributed by atoms with Gasteiger partial charge in [-0.1, -0.05) is 12.8 Å². The zero-order valence-electron chi connectivity index (χ0n) is 13.4. The molecular weight excluding hydrogens is 254 g/mol. The lowest BCUT2D eigenvalue weighted by Crippen LogP contribution is -2.49. The van der Waals surface area contributed by atoms with Crippen molar-refractivity contribution in [1.82, 2.24) is 10.6 Å². The van der Waals surface area contributed by atoms with Gasteiger partial charge in [0.25, 0.3) is 0 Å². The molecule has 5 heteroatoms. The highest BCUT2D eigenvalue weighted by Crippen LogP contribution is 2.24. The van der Waals surface area contributed by atoms with Crippen LogP contribution in [-0.2, 0) is 4.74 Å². The number of rotatable bonds is 5. The van der Waals surface area contributed by atoms with Crippen LogP contribution in [0.2, 0.25) is 0 Å². The maximum Gasteiger partial charge on any atom is 0.407 e. The lowest BCUT2D eigenvalue weighted by atomic mass is 9.84. The van der Waals surface area contributed by atoms with Crippen molar-refractivity contribution in [2.24, 2.45) is 11.7 Å². The number of hydrogen-bond donors (Lipinski definition) is 3. The second-order valence-electron chi connectivity index (χ2n) is 6.84. The minimum atomic E-state index is -0.442. The standard InChI is InChI=1S/C15H31N3O2/c1-11(9-16)18-13-8-6-5-7-12(13)10-17-14(19)20-15(2,3)4/h11-13,18H,5-10,16H2,1-4H3,(H,17,19). The molecule has 0 heterocycles. The first-order chi connectivity index (χ1) is 9.31. The van der Waals surface area contributed by atoms with Gasteiger partial charge >= 0.3 is 6.09 Å². The third kappa shape index (κ3) is 6.57. The molecule has 4 N–H and O–H groups in total. The minimum Gasteiger partial charge on any atom is -0.444 e. The molecule has 0 aromatic rings. The average Bonchev–Trinajstić information content (AvgIpc) is 2.35. The molecule has 1 saturated carbocycles. The first-order valence-corrected chi connectivity index (χ1v) is 7.75. The van der Waals surface area contributed by atoms with Crippen LogP contribution in [0.5, 0.6) is 0 Å².